The predicted octanol–water partition coefficient (Wildman–Crippen LogP) is 8.52. The molecule has 0 aromatic heterocycles. The molecule has 0 aromatic carbocycles. The van der Waals surface area contributed by atoms with E-state index in [0.29, 0.717) is 12.8 Å². The molecule has 0 aliphatic heterocycles. The Morgan fingerprint density at radius 3 is 1.94 bits per heavy atom. The van der Waals surface area contributed by atoms with Crippen molar-refractivity contribution in [3.05, 3.63) is 60.8 Å². The van der Waals surface area contributed by atoms with Gasteiger partial charge in [-0.3, -0.25) is 13.8 Å². The maximum Gasteiger partial charge on any atom is 0.472 e. The van der Waals surface area contributed by atoms with Crippen molar-refractivity contribution in [2.75, 3.05) is 19.8 Å². The lowest BCUT2D eigenvalue weighted by molar-refractivity contribution is -0.124. The van der Waals surface area contributed by atoms with E-state index in [4.69, 9.17) is 14.8 Å². The van der Waals surface area contributed by atoms with E-state index in [1.165, 1.54) is 63.9 Å². The highest BCUT2D eigenvalue weighted by Gasteiger charge is 2.27. The molecule has 0 heterocycles. The third-order valence-electron chi connectivity index (χ3n) is 7.72. The van der Waals surface area contributed by atoms with Gasteiger partial charge in [-0.25, -0.2) is 4.57 Å². The molecular formula is C38H69N2O7P. The Bertz CT molecular complexity index is 951. The van der Waals surface area contributed by atoms with Crippen LogP contribution < -0.4 is 11.1 Å². The Morgan fingerprint density at radius 2 is 1.33 bits per heavy atom. The number of rotatable bonds is 33. The molecule has 1 amide bonds. The molecule has 0 aliphatic rings. The largest absolute Gasteiger partial charge is 0.472 e. The van der Waals surface area contributed by atoms with E-state index < -0.39 is 38.6 Å². The number of aliphatic hydroxyl groups excluding tert-OH is 2. The monoisotopic (exact) mass is 696 g/mol. The van der Waals surface area contributed by atoms with Gasteiger partial charge in [0.25, 0.3) is 0 Å². The summed E-state index contributed by atoms with van der Waals surface area (Å²) in [6, 6.07) is -1.01. The zero-order valence-electron chi connectivity index (χ0n) is 30.1. The molecule has 0 aromatic rings. The van der Waals surface area contributed by atoms with Crippen molar-refractivity contribution in [1.29, 1.82) is 0 Å². The summed E-state index contributed by atoms with van der Waals surface area (Å²) in [7, 11) is -4.40. The van der Waals surface area contributed by atoms with Crippen LogP contribution in [0.3, 0.4) is 0 Å². The van der Waals surface area contributed by atoms with Gasteiger partial charge >= 0.3 is 7.82 Å². The Kier molecular flexibility index (Phi) is 32.4. The fourth-order valence-corrected chi connectivity index (χ4v) is 5.67. The highest BCUT2D eigenvalue weighted by molar-refractivity contribution is 7.47. The lowest BCUT2D eigenvalue weighted by atomic mass is 10.0. The van der Waals surface area contributed by atoms with E-state index in [0.717, 1.165) is 44.9 Å². The minimum absolute atomic E-state index is 0.0385. The average Bonchev–Trinajstić information content (AvgIpc) is 3.06. The van der Waals surface area contributed by atoms with Gasteiger partial charge in [0.05, 0.1) is 37.9 Å². The molecule has 278 valence electrons. The maximum atomic E-state index is 12.7. The number of phosphoric acid groups is 1. The third kappa shape index (κ3) is 31.4. The summed E-state index contributed by atoms with van der Waals surface area (Å²) >= 11 is 0. The van der Waals surface area contributed by atoms with Crippen LogP contribution in [0.5, 0.6) is 0 Å². The van der Waals surface area contributed by atoms with E-state index in [9.17, 15) is 24.5 Å². The van der Waals surface area contributed by atoms with Crippen molar-refractivity contribution in [2.45, 2.75) is 154 Å². The molecule has 4 unspecified atom stereocenters. The van der Waals surface area contributed by atoms with Gasteiger partial charge in [-0.2, -0.15) is 0 Å². The normalized spacial score (nSPS) is 15.7. The number of phosphoric ester groups is 1. The highest BCUT2D eigenvalue weighted by Crippen LogP contribution is 2.43. The zero-order valence-corrected chi connectivity index (χ0v) is 31.0. The number of hydrogen-bond acceptors (Lipinski definition) is 7. The van der Waals surface area contributed by atoms with Crippen LogP contribution in [0.1, 0.15) is 136 Å². The van der Waals surface area contributed by atoms with Gasteiger partial charge in [-0.05, 0) is 64.7 Å². The second kappa shape index (κ2) is 33.6. The molecule has 0 saturated heterocycles. The molecule has 0 bridgehead atoms. The lowest BCUT2D eigenvalue weighted by Gasteiger charge is -2.24. The minimum atomic E-state index is -4.40. The number of amides is 1. The number of carbonyl (C=O) groups excluding carboxylic acids is 1. The molecule has 0 rings (SSSR count). The van der Waals surface area contributed by atoms with Crippen molar-refractivity contribution in [2.24, 2.45) is 5.73 Å². The second-order valence-electron chi connectivity index (χ2n) is 12.3. The molecular weight excluding hydrogens is 627 g/mol. The van der Waals surface area contributed by atoms with Gasteiger partial charge in [0.2, 0.25) is 5.91 Å². The van der Waals surface area contributed by atoms with Crippen LogP contribution in [0.25, 0.3) is 0 Å². The number of carbonyl (C=O) groups is 1. The van der Waals surface area contributed by atoms with Crippen molar-refractivity contribution in [3.8, 4) is 0 Å². The number of allylic oxidation sites excluding steroid dienone is 9. The molecule has 0 fully saturated rings. The first-order valence-corrected chi connectivity index (χ1v) is 20.0. The van der Waals surface area contributed by atoms with Crippen LogP contribution in [0.2, 0.25) is 0 Å². The average molecular weight is 697 g/mol. The fourth-order valence-electron chi connectivity index (χ4n) is 4.91. The Balaban J connectivity index is 4.38. The number of nitrogens with one attached hydrogen (secondary N) is 1. The second-order valence-corrected chi connectivity index (χ2v) is 13.7. The molecule has 0 aliphatic carbocycles. The van der Waals surface area contributed by atoms with Crippen LogP contribution in [-0.4, -0.2) is 59.0 Å². The van der Waals surface area contributed by atoms with Crippen LogP contribution in [0.15, 0.2) is 60.8 Å². The van der Waals surface area contributed by atoms with Crippen molar-refractivity contribution >= 4 is 13.7 Å². The summed E-state index contributed by atoms with van der Waals surface area (Å²) in [5, 5.41) is 23.8. The summed E-state index contributed by atoms with van der Waals surface area (Å²) in [5.41, 5.74) is 5.33. The van der Waals surface area contributed by atoms with E-state index in [2.05, 4.69) is 54.8 Å². The smallest absolute Gasteiger partial charge is 0.393 e. The van der Waals surface area contributed by atoms with Gasteiger partial charge in [-0.1, -0.05) is 125 Å². The zero-order chi connectivity index (χ0) is 35.6. The van der Waals surface area contributed by atoms with Crippen molar-refractivity contribution in [3.63, 3.8) is 0 Å². The van der Waals surface area contributed by atoms with Crippen LogP contribution in [0, 0.1) is 0 Å². The molecule has 0 saturated carbocycles. The third-order valence-corrected chi connectivity index (χ3v) is 8.70. The van der Waals surface area contributed by atoms with Crippen molar-refractivity contribution < 1.29 is 33.5 Å². The minimum Gasteiger partial charge on any atom is -0.393 e. The van der Waals surface area contributed by atoms with Gasteiger partial charge in [0.1, 0.15) is 0 Å². The molecule has 10 heteroatoms. The Labute approximate surface area is 292 Å². The highest BCUT2D eigenvalue weighted by atomic mass is 31.2. The molecule has 9 nitrogen and oxygen atoms in total. The fraction of sp³-hybridized carbons (Fsp3) is 0.711. The SMILES string of the molecule is C/C=C/CC/C=C/CC/C=C/C(O)C(COP(=O)(O)OCCN)NC(=O)CC(O)CCCCCCCCCC/C=C\C=C/CCCCC. The van der Waals surface area contributed by atoms with E-state index in [-0.39, 0.29) is 19.6 Å². The van der Waals surface area contributed by atoms with Gasteiger partial charge in [0.15, 0.2) is 0 Å². The molecule has 48 heavy (non-hydrogen) atoms. The van der Waals surface area contributed by atoms with Crippen molar-refractivity contribution in [1.82, 2.24) is 5.32 Å². The summed E-state index contributed by atoms with van der Waals surface area (Å²) in [5.74, 6) is -0.471. The number of aliphatic hydroxyl groups is 2. The summed E-state index contributed by atoms with van der Waals surface area (Å²) in [6.45, 7) is 3.64. The summed E-state index contributed by atoms with van der Waals surface area (Å²) in [6.07, 6.45) is 37.6. The standard InChI is InChI=1S/C38H69N2O7P/c1-3-5-7-9-11-13-14-15-16-17-18-19-20-22-23-25-27-29-35(41)33-38(43)40-36(34-47-48(44,45)46-32-31-39)37(42)30-28-26-24-21-12-10-8-6-4-2/h4,6,11-15,21,28,30,35-37,41-42H,3,5,7-10,16-20,22-27,29,31-34,39H2,1-2H3,(H,40,43)(H,44,45)/b6-4+,13-11-,15-14-,21-12+,30-28+. The first kappa shape index (κ1) is 46.2. The van der Waals surface area contributed by atoms with Gasteiger partial charge in [0, 0.05) is 6.54 Å². The van der Waals surface area contributed by atoms with Crippen LogP contribution in [-0.2, 0) is 18.4 Å². The van der Waals surface area contributed by atoms with E-state index >= 15 is 0 Å². The topological polar surface area (TPSA) is 151 Å². The van der Waals surface area contributed by atoms with E-state index in [1.54, 1.807) is 6.08 Å². The van der Waals surface area contributed by atoms with Crippen LogP contribution >= 0.6 is 7.82 Å². The predicted molar refractivity (Wildman–Crippen MR) is 199 cm³/mol. The number of hydrogen-bond donors (Lipinski definition) is 5. The quantitative estimate of drug-likeness (QED) is 0.0198. The summed E-state index contributed by atoms with van der Waals surface area (Å²) in [4.78, 5) is 22.6. The Hall–Kier alpha value is -1.84. The number of nitrogens with two attached hydrogens (primary N) is 1. The molecule has 0 spiro atoms. The molecule has 0 radical (unpaired) electrons. The van der Waals surface area contributed by atoms with Crippen LogP contribution in [0.4, 0.5) is 0 Å². The molecule has 4 atom stereocenters. The summed E-state index contributed by atoms with van der Waals surface area (Å²) < 4.78 is 21.9. The van der Waals surface area contributed by atoms with Gasteiger partial charge < -0.3 is 26.2 Å². The Morgan fingerprint density at radius 1 is 0.771 bits per heavy atom. The maximum absolute atomic E-state index is 12.7. The number of unbranched alkanes of at least 4 members (excludes halogenated alkanes) is 13. The lowest BCUT2D eigenvalue weighted by Crippen LogP contribution is -2.46. The first-order valence-electron chi connectivity index (χ1n) is 18.5. The first-order chi connectivity index (χ1) is 23.3. The van der Waals surface area contributed by atoms with E-state index in [1.807, 2.05) is 13.0 Å². The van der Waals surface area contributed by atoms with Gasteiger partial charge in [-0.15, -0.1) is 0 Å². The molecule has 6 N–H and O–H groups in total.